The van der Waals surface area contributed by atoms with Crippen LogP contribution in [0.5, 0.6) is 0 Å². The van der Waals surface area contributed by atoms with Crippen molar-refractivity contribution in [2.75, 3.05) is 42.1 Å². The summed E-state index contributed by atoms with van der Waals surface area (Å²) in [5.74, 6) is 1.73. The largest absolute Gasteiger partial charge is 0.368 e. The number of hydrogen-bond donors (Lipinski definition) is 2. The zero-order chi connectivity index (χ0) is 22.3. The minimum absolute atomic E-state index is 0.146. The van der Waals surface area contributed by atoms with Gasteiger partial charge >= 0.3 is 0 Å². The van der Waals surface area contributed by atoms with Gasteiger partial charge in [-0.3, -0.25) is 4.79 Å². The van der Waals surface area contributed by atoms with Crippen LogP contribution in [0.3, 0.4) is 0 Å². The quantitative estimate of drug-likeness (QED) is 0.567. The van der Waals surface area contributed by atoms with Gasteiger partial charge in [0.2, 0.25) is 17.8 Å². The Bertz CT molecular complexity index is 1030. The van der Waals surface area contributed by atoms with E-state index in [4.69, 9.17) is 5.73 Å². The number of rotatable bonds is 7. The lowest BCUT2D eigenvalue weighted by Gasteiger charge is -2.37. The summed E-state index contributed by atoms with van der Waals surface area (Å²) in [6, 6.07) is 20.0. The van der Waals surface area contributed by atoms with E-state index in [1.807, 2.05) is 60.4 Å². The molecule has 3 N–H and O–H groups in total. The van der Waals surface area contributed by atoms with Gasteiger partial charge in [0.15, 0.2) is 0 Å². The monoisotopic (exact) mass is 449 g/mol. The topological polar surface area (TPSA) is 100 Å². The fourth-order valence-corrected chi connectivity index (χ4v) is 4.38. The Hall–Kier alpha value is -3.33. The average molecular weight is 450 g/mol. The summed E-state index contributed by atoms with van der Waals surface area (Å²) >= 11 is 1.51. The van der Waals surface area contributed by atoms with E-state index >= 15 is 0 Å². The van der Waals surface area contributed by atoms with Gasteiger partial charge in [-0.05, 0) is 31.2 Å². The Morgan fingerprint density at radius 1 is 1.00 bits per heavy atom. The highest BCUT2D eigenvalue weighted by Gasteiger charge is 2.25. The van der Waals surface area contributed by atoms with Crippen molar-refractivity contribution < 1.29 is 4.79 Å². The molecule has 1 atom stereocenters. The normalized spacial score (nSPS) is 14.8. The minimum atomic E-state index is -0.193. The molecule has 1 fully saturated rings. The molecule has 1 amide bonds. The molecule has 0 radical (unpaired) electrons. The standard InChI is InChI=1S/C23H27N7OS/c1-17(21(31)30-14-12-29(13-15-30)19-10-6-3-7-11-19)32-16-20-26-22(24)28-23(27-20)25-18-8-4-2-5-9-18/h2-11,17H,12-16H2,1H3,(H3,24,25,26,27,28). The second-order valence-corrected chi connectivity index (χ2v) is 8.85. The van der Waals surface area contributed by atoms with Crippen LogP contribution in [0.2, 0.25) is 0 Å². The van der Waals surface area contributed by atoms with Crippen LogP contribution in [0, 0.1) is 0 Å². The van der Waals surface area contributed by atoms with Crippen molar-refractivity contribution in [3.8, 4) is 0 Å². The van der Waals surface area contributed by atoms with Gasteiger partial charge in [0, 0.05) is 37.6 Å². The zero-order valence-corrected chi connectivity index (χ0v) is 18.8. The number of aromatic nitrogens is 3. The number of nitrogens with two attached hydrogens (primary N) is 1. The first-order chi connectivity index (χ1) is 15.6. The molecule has 8 nitrogen and oxygen atoms in total. The zero-order valence-electron chi connectivity index (χ0n) is 18.0. The van der Waals surface area contributed by atoms with E-state index in [0.717, 1.165) is 31.9 Å². The maximum atomic E-state index is 12.9. The van der Waals surface area contributed by atoms with Crippen LogP contribution < -0.4 is 16.0 Å². The van der Waals surface area contributed by atoms with Crippen molar-refractivity contribution in [2.24, 2.45) is 0 Å². The number of nitrogen functional groups attached to an aromatic ring is 1. The summed E-state index contributed by atoms with van der Waals surface area (Å²) in [6.07, 6.45) is 0. The molecular formula is C23H27N7OS. The van der Waals surface area contributed by atoms with Gasteiger partial charge in [-0.1, -0.05) is 36.4 Å². The summed E-state index contributed by atoms with van der Waals surface area (Å²) < 4.78 is 0. The lowest BCUT2D eigenvalue weighted by molar-refractivity contribution is -0.130. The average Bonchev–Trinajstić information content (AvgIpc) is 2.83. The van der Waals surface area contributed by atoms with Crippen LogP contribution in [0.15, 0.2) is 60.7 Å². The Labute approximate surface area is 192 Å². The number of thioether (sulfide) groups is 1. The molecule has 2 aromatic carbocycles. The molecule has 1 aliphatic heterocycles. The second-order valence-electron chi connectivity index (χ2n) is 7.53. The first kappa shape index (κ1) is 21.9. The minimum Gasteiger partial charge on any atom is -0.368 e. The number of para-hydroxylation sites is 2. The highest BCUT2D eigenvalue weighted by Crippen LogP contribution is 2.21. The highest BCUT2D eigenvalue weighted by atomic mass is 32.2. The number of carbonyl (C=O) groups excluding carboxylic acids is 1. The third kappa shape index (κ3) is 5.67. The Balaban J connectivity index is 1.30. The number of nitrogens with zero attached hydrogens (tertiary/aromatic N) is 5. The van der Waals surface area contributed by atoms with Crippen LogP contribution in [0.25, 0.3) is 0 Å². The number of piperazine rings is 1. The molecule has 3 aromatic rings. The summed E-state index contributed by atoms with van der Waals surface area (Å²) in [5.41, 5.74) is 7.94. The molecule has 0 bridgehead atoms. The number of nitrogens with one attached hydrogen (secondary N) is 1. The van der Waals surface area contributed by atoms with Crippen LogP contribution in [-0.4, -0.2) is 57.2 Å². The fourth-order valence-electron chi connectivity index (χ4n) is 3.56. The SMILES string of the molecule is CC(SCc1nc(N)nc(Nc2ccccc2)n1)C(=O)N1CCN(c2ccccc2)CC1. The van der Waals surface area contributed by atoms with Gasteiger partial charge in [-0.25, -0.2) is 0 Å². The number of amides is 1. The van der Waals surface area contributed by atoms with Crippen molar-refractivity contribution in [3.05, 3.63) is 66.5 Å². The first-order valence-electron chi connectivity index (χ1n) is 10.6. The van der Waals surface area contributed by atoms with E-state index in [-0.39, 0.29) is 17.1 Å². The molecule has 166 valence electrons. The maximum absolute atomic E-state index is 12.9. The molecule has 0 spiro atoms. The Kier molecular flexibility index (Phi) is 7.06. The van der Waals surface area contributed by atoms with E-state index in [1.165, 1.54) is 17.4 Å². The van der Waals surface area contributed by atoms with Gasteiger partial charge in [0.05, 0.1) is 11.0 Å². The molecule has 1 unspecified atom stereocenters. The van der Waals surface area contributed by atoms with Crippen molar-refractivity contribution in [2.45, 2.75) is 17.9 Å². The second kappa shape index (κ2) is 10.3. The fraction of sp³-hybridized carbons (Fsp3) is 0.304. The van der Waals surface area contributed by atoms with Gasteiger partial charge in [-0.15, -0.1) is 11.8 Å². The third-order valence-corrected chi connectivity index (χ3v) is 6.38. The molecule has 1 saturated heterocycles. The number of benzene rings is 2. The van der Waals surface area contributed by atoms with E-state index in [1.54, 1.807) is 0 Å². The number of anilines is 4. The third-order valence-electron chi connectivity index (χ3n) is 5.25. The van der Waals surface area contributed by atoms with Crippen LogP contribution in [-0.2, 0) is 10.5 Å². The van der Waals surface area contributed by atoms with E-state index in [9.17, 15) is 4.79 Å². The Morgan fingerprint density at radius 3 is 2.34 bits per heavy atom. The summed E-state index contributed by atoms with van der Waals surface area (Å²) in [4.78, 5) is 30.0. The van der Waals surface area contributed by atoms with Crippen molar-refractivity contribution in [1.29, 1.82) is 0 Å². The number of carbonyl (C=O) groups is 1. The van der Waals surface area contributed by atoms with E-state index in [2.05, 4.69) is 37.3 Å². The maximum Gasteiger partial charge on any atom is 0.235 e. The van der Waals surface area contributed by atoms with Gasteiger partial charge in [0.25, 0.3) is 0 Å². The molecule has 0 saturated carbocycles. The molecule has 0 aliphatic carbocycles. The van der Waals surface area contributed by atoms with Crippen molar-refractivity contribution in [3.63, 3.8) is 0 Å². The molecule has 1 aromatic heterocycles. The smallest absolute Gasteiger partial charge is 0.235 e. The predicted molar refractivity (Wildman–Crippen MR) is 130 cm³/mol. The Morgan fingerprint density at radius 2 is 1.66 bits per heavy atom. The van der Waals surface area contributed by atoms with Crippen molar-refractivity contribution >= 4 is 40.9 Å². The molecule has 4 rings (SSSR count). The van der Waals surface area contributed by atoms with Crippen LogP contribution in [0.1, 0.15) is 12.7 Å². The first-order valence-corrected chi connectivity index (χ1v) is 11.7. The van der Waals surface area contributed by atoms with E-state index in [0.29, 0.717) is 17.5 Å². The van der Waals surface area contributed by atoms with Gasteiger partial charge < -0.3 is 20.9 Å². The van der Waals surface area contributed by atoms with Gasteiger partial charge in [0.1, 0.15) is 5.82 Å². The van der Waals surface area contributed by atoms with Gasteiger partial charge in [-0.2, -0.15) is 15.0 Å². The summed E-state index contributed by atoms with van der Waals surface area (Å²) in [6.45, 7) is 5.06. The lowest BCUT2D eigenvalue weighted by Crippen LogP contribution is -2.50. The predicted octanol–water partition coefficient (Wildman–Crippen LogP) is 3.17. The van der Waals surface area contributed by atoms with Crippen LogP contribution >= 0.6 is 11.8 Å². The summed E-state index contributed by atoms with van der Waals surface area (Å²) in [7, 11) is 0. The molecule has 32 heavy (non-hydrogen) atoms. The molecule has 1 aliphatic rings. The highest BCUT2D eigenvalue weighted by molar-refractivity contribution is 7.99. The van der Waals surface area contributed by atoms with Crippen molar-refractivity contribution in [1.82, 2.24) is 19.9 Å². The molecular weight excluding hydrogens is 422 g/mol. The van der Waals surface area contributed by atoms with Crippen LogP contribution in [0.4, 0.5) is 23.3 Å². The molecule has 9 heteroatoms. The molecule has 2 heterocycles. The van der Waals surface area contributed by atoms with E-state index < -0.39 is 0 Å². The number of hydrogen-bond acceptors (Lipinski definition) is 8. The summed E-state index contributed by atoms with van der Waals surface area (Å²) in [5, 5.41) is 2.94. The lowest BCUT2D eigenvalue weighted by atomic mass is 10.2.